The van der Waals surface area contributed by atoms with Crippen molar-refractivity contribution in [2.24, 2.45) is 0 Å². The molecule has 1 aliphatic heterocycles. The number of aromatic amines is 1. The van der Waals surface area contributed by atoms with Crippen molar-refractivity contribution in [1.29, 1.82) is 5.26 Å². The van der Waals surface area contributed by atoms with Gasteiger partial charge in [-0.1, -0.05) is 6.07 Å². The summed E-state index contributed by atoms with van der Waals surface area (Å²) in [5.74, 6) is -1.39. The van der Waals surface area contributed by atoms with Crippen LogP contribution in [-0.4, -0.2) is 34.9 Å². The summed E-state index contributed by atoms with van der Waals surface area (Å²) in [6, 6.07) is 7.19. The highest BCUT2D eigenvalue weighted by atomic mass is 19.1. The molecule has 1 amide bonds. The second kappa shape index (κ2) is 7.45. The van der Waals surface area contributed by atoms with Gasteiger partial charge in [-0.15, -0.1) is 0 Å². The predicted molar refractivity (Wildman–Crippen MR) is 87.6 cm³/mol. The summed E-state index contributed by atoms with van der Waals surface area (Å²) >= 11 is 0. The fraction of sp³-hybridized carbons (Fsp3) is 0.333. The van der Waals surface area contributed by atoms with E-state index in [0.717, 1.165) is 19.4 Å². The molecule has 2 aromatic rings. The Morgan fingerprint density at radius 1 is 1.40 bits per heavy atom. The molecule has 0 spiro atoms. The van der Waals surface area contributed by atoms with Gasteiger partial charge in [0.1, 0.15) is 23.4 Å². The van der Waals surface area contributed by atoms with E-state index in [1.807, 2.05) is 11.0 Å². The van der Waals surface area contributed by atoms with Crippen LogP contribution in [0.3, 0.4) is 0 Å². The van der Waals surface area contributed by atoms with Gasteiger partial charge in [0.15, 0.2) is 0 Å². The molecule has 1 aromatic carbocycles. The first-order chi connectivity index (χ1) is 12.1. The second-order valence-corrected chi connectivity index (χ2v) is 6.16. The number of piperidine rings is 1. The summed E-state index contributed by atoms with van der Waals surface area (Å²) in [4.78, 5) is 16.9. The summed E-state index contributed by atoms with van der Waals surface area (Å²) in [7, 11) is 0. The van der Waals surface area contributed by atoms with Crippen LogP contribution in [0.2, 0.25) is 0 Å². The third kappa shape index (κ3) is 4.03. The maximum absolute atomic E-state index is 13.8. The van der Waals surface area contributed by atoms with E-state index in [1.165, 1.54) is 30.5 Å². The smallest absolute Gasteiger partial charge is 0.267 e. The van der Waals surface area contributed by atoms with Crippen LogP contribution in [0.15, 0.2) is 30.5 Å². The number of likely N-dealkylation sites (tertiary alicyclic amines) is 1. The topological polar surface area (TPSA) is 71.9 Å². The standard InChI is InChI=1S/C18H18F2N4O/c19-15-4-1-5-16(20)14(15)11-24-6-2-3-13(10-24)23-18(25)17-7-12(8-21)9-22-17/h1,4-5,7,9,13,22H,2-3,6,10-11H2,(H,23,25). The molecule has 0 radical (unpaired) electrons. The van der Waals surface area contributed by atoms with Crippen LogP contribution < -0.4 is 5.32 Å². The number of nitrogens with zero attached hydrogens (tertiary/aromatic N) is 2. The lowest BCUT2D eigenvalue weighted by molar-refractivity contribution is 0.0895. The van der Waals surface area contributed by atoms with Crippen molar-refractivity contribution < 1.29 is 13.6 Å². The van der Waals surface area contributed by atoms with E-state index >= 15 is 0 Å². The van der Waals surface area contributed by atoms with Crippen LogP contribution in [-0.2, 0) is 6.54 Å². The van der Waals surface area contributed by atoms with Crippen molar-refractivity contribution in [2.75, 3.05) is 13.1 Å². The highest BCUT2D eigenvalue weighted by Gasteiger charge is 2.24. The van der Waals surface area contributed by atoms with Crippen LogP contribution in [0.25, 0.3) is 0 Å². The zero-order chi connectivity index (χ0) is 17.8. The fourth-order valence-electron chi connectivity index (χ4n) is 3.08. The first-order valence-electron chi connectivity index (χ1n) is 8.11. The molecule has 130 valence electrons. The largest absolute Gasteiger partial charge is 0.356 e. The van der Waals surface area contributed by atoms with Crippen LogP contribution in [0.4, 0.5) is 8.78 Å². The van der Waals surface area contributed by atoms with E-state index in [2.05, 4.69) is 10.3 Å². The lowest BCUT2D eigenvalue weighted by Crippen LogP contribution is -2.47. The van der Waals surface area contributed by atoms with E-state index in [-0.39, 0.29) is 24.1 Å². The molecular formula is C18H18F2N4O. The van der Waals surface area contributed by atoms with Gasteiger partial charge in [-0.05, 0) is 37.6 Å². The number of carbonyl (C=O) groups is 1. The molecule has 25 heavy (non-hydrogen) atoms. The SMILES string of the molecule is N#Cc1c[nH]c(C(=O)NC2CCCN(Cc3c(F)cccc3F)C2)c1. The molecule has 5 nitrogen and oxygen atoms in total. The van der Waals surface area contributed by atoms with E-state index in [4.69, 9.17) is 5.26 Å². The molecule has 1 aliphatic rings. The van der Waals surface area contributed by atoms with Crippen LogP contribution in [0, 0.1) is 23.0 Å². The number of aromatic nitrogens is 1. The summed E-state index contributed by atoms with van der Waals surface area (Å²) in [5, 5.41) is 11.7. The Kier molecular flexibility index (Phi) is 5.10. The number of nitriles is 1. The Morgan fingerprint density at radius 2 is 2.16 bits per heavy atom. The number of nitrogens with one attached hydrogen (secondary N) is 2. The van der Waals surface area contributed by atoms with Crippen molar-refractivity contribution in [1.82, 2.24) is 15.2 Å². The molecule has 2 heterocycles. The molecule has 1 unspecified atom stereocenters. The number of carbonyl (C=O) groups excluding carboxylic acids is 1. The van der Waals surface area contributed by atoms with Gasteiger partial charge in [-0.25, -0.2) is 8.78 Å². The zero-order valence-corrected chi connectivity index (χ0v) is 13.6. The van der Waals surface area contributed by atoms with Gasteiger partial charge in [0.05, 0.1) is 5.56 Å². The third-order valence-corrected chi connectivity index (χ3v) is 4.34. The molecule has 7 heteroatoms. The maximum atomic E-state index is 13.8. The number of hydrogen-bond donors (Lipinski definition) is 2. The molecule has 2 N–H and O–H groups in total. The summed E-state index contributed by atoms with van der Waals surface area (Å²) < 4.78 is 27.6. The molecule has 0 bridgehead atoms. The van der Waals surface area contributed by atoms with Crippen molar-refractivity contribution in [3.8, 4) is 6.07 Å². The molecule has 1 aromatic heterocycles. The Labute approximate surface area is 144 Å². The van der Waals surface area contributed by atoms with Crippen molar-refractivity contribution in [3.63, 3.8) is 0 Å². The molecule has 1 fully saturated rings. The summed E-state index contributed by atoms with van der Waals surface area (Å²) in [6.45, 7) is 1.42. The van der Waals surface area contributed by atoms with Gasteiger partial charge in [0, 0.05) is 30.9 Å². The Bertz CT molecular complexity index is 791. The number of hydrogen-bond acceptors (Lipinski definition) is 3. The van der Waals surface area contributed by atoms with Gasteiger partial charge in [0.2, 0.25) is 0 Å². The summed E-state index contributed by atoms with van der Waals surface area (Å²) in [6.07, 6.45) is 3.10. The van der Waals surface area contributed by atoms with Crippen LogP contribution in [0.5, 0.6) is 0 Å². The maximum Gasteiger partial charge on any atom is 0.267 e. The molecular weight excluding hydrogens is 326 g/mol. The molecule has 0 aliphatic carbocycles. The number of benzene rings is 1. The second-order valence-electron chi connectivity index (χ2n) is 6.16. The lowest BCUT2D eigenvalue weighted by atomic mass is 10.0. The van der Waals surface area contributed by atoms with Gasteiger partial charge in [-0.2, -0.15) is 5.26 Å². The number of H-pyrrole nitrogens is 1. The van der Waals surface area contributed by atoms with Crippen LogP contribution in [0.1, 0.15) is 34.5 Å². The number of rotatable bonds is 4. The minimum absolute atomic E-state index is 0.0532. The minimum atomic E-state index is -0.554. The minimum Gasteiger partial charge on any atom is -0.356 e. The highest BCUT2D eigenvalue weighted by Crippen LogP contribution is 2.18. The molecule has 1 atom stereocenters. The first kappa shape index (κ1) is 17.1. The number of amides is 1. The predicted octanol–water partition coefficient (Wildman–Crippen LogP) is 2.56. The highest BCUT2D eigenvalue weighted by molar-refractivity contribution is 5.93. The third-order valence-electron chi connectivity index (χ3n) is 4.34. The molecule has 0 saturated carbocycles. The van der Waals surface area contributed by atoms with Gasteiger partial charge >= 0.3 is 0 Å². The molecule has 1 saturated heterocycles. The van der Waals surface area contributed by atoms with Crippen molar-refractivity contribution >= 4 is 5.91 Å². The van der Waals surface area contributed by atoms with Crippen molar-refractivity contribution in [2.45, 2.75) is 25.4 Å². The average molecular weight is 344 g/mol. The van der Waals surface area contributed by atoms with Gasteiger partial charge in [0.25, 0.3) is 5.91 Å². The van der Waals surface area contributed by atoms with E-state index < -0.39 is 11.6 Å². The van der Waals surface area contributed by atoms with E-state index in [9.17, 15) is 13.6 Å². The quantitative estimate of drug-likeness (QED) is 0.895. The lowest BCUT2D eigenvalue weighted by Gasteiger charge is -2.33. The Hall–Kier alpha value is -2.72. The first-order valence-corrected chi connectivity index (χ1v) is 8.11. The summed E-state index contributed by atoms with van der Waals surface area (Å²) in [5.41, 5.74) is 0.775. The van der Waals surface area contributed by atoms with E-state index in [0.29, 0.717) is 17.8 Å². The Balaban J connectivity index is 1.61. The van der Waals surface area contributed by atoms with Gasteiger partial charge in [-0.3, -0.25) is 9.69 Å². The molecule has 3 rings (SSSR count). The number of halogens is 2. The van der Waals surface area contributed by atoms with Crippen LogP contribution >= 0.6 is 0 Å². The van der Waals surface area contributed by atoms with Gasteiger partial charge < -0.3 is 10.3 Å². The van der Waals surface area contributed by atoms with E-state index in [1.54, 1.807) is 0 Å². The normalized spacial score (nSPS) is 17.9. The Morgan fingerprint density at radius 3 is 2.84 bits per heavy atom. The monoisotopic (exact) mass is 344 g/mol. The fourth-order valence-corrected chi connectivity index (χ4v) is 3.08. The average Bonchev–Trinajstić information content (AvgIpc) is 3.08. The zero-order valence-electron chi connectivity index (χ0n) is 13.6. The van der Waals surface area contributed by atoms with Crippen molar-refractivity contribution in [3.05, 3.63) is 58.9 Å².